The van der Waals surface area contributed by atoms with Crippen molar-refractivity contribution in [2.45, 2.75) is 55.6 Å². The van der Waals surface area contributed by atoms with Crippen LogP contribution < -0.4 is 5.32 Å². The van der Waals surface area contributed by atoms with Crippen LogP contribution in [0.25, 0.3) is 0 Å². The normalized spacial score (nSPS) is 18.3. The molecule has 0 saturated carbocycles. The van der Waals surface area contributed by atoms with Gasteiger partial charge in [0.15, 0.2) is 5.60 Å². The Morgan fingerprint density at radius 3 is 1.48 bits per heavy atom. The first-order valence-electron chi connectivity index (χ1n) is 8.83. The van der Waals surface area contributed by atoms with Crippen molar-refractivity contribution in [1.82, 2.24) is 5.32 Å². The molecule has 0 spiro atoms. The zero-order valence-corrected chi connectivity index (χ0v) is 16.4. The zero-order chi connectivity index (χ0) is 24.8. The molecule has 11 N–H and O–H groups in total. The SMILES string of the molecule is O=C(O)CC(O)(CC(=O)O)C(=O)O.O=C(O)[C@@H]1CCCN1.OCC(O)C(O)C(O)CO. The Morgan fingerprint density at radius 2 is 1.29 bits per heavy atom. The fourth-order valence-corrected chi connectivity index (χ4v) is 2.08. The fourth-order valence-electron chi connectivity index (χ4n) is 2.08. The molecule has 15 heteroatoms. The van der Waals surface area contributed by atoms with Crippen molar-refractivity contribution in [2.24, 2.45) is 0 Å². The number of rotatable bonds is 10. The maximum Gasteiger partial charge on any atom is 0.336 e. The van der Waals surface area contributed by atoms with Gasteiger partial charge in [0.25, 0.3) is 0 Å². The Kier molecular flexibility index (Phi) is 15.3. The lowest BCUT2D eigenvalue weighted by atomic mass is 9.96. The first-order chi connectivity index (χ1) is 14.2. The molecule has 1 rings (SSSR count). The van der Waals surface area contributed by atoms with Gasteiger partial charge in [-0.2, -0.15) is 0 Å². The standard InChI is InChI=1S/C6H8O7.C5H9NO2.C5H12O5/c7-3(8)1-6(13,5(11)12)2-4(9)10;7-5(8)4-2-1-3-6-4;6-1-3(8)5(10)4(9)2-7/h13H,1-2H2,(H,7,8)(H,9,10)(H,11,12);4,6H,1-3H2,(H,7,8);3-10H,1-2H2/t;4-;/m.0./s1. The molecule has 2 unspecified atom stereocenters. The van der Waals surface area contributed by atoms with Gasteiger partial charge < -0.3 is 56.4 Å². The molecule has 15 nitrogen and oxygen atoms in total. The molecule has 0 radical (unpaired) electrons. The molecule has 31 heavy (non-hydrogen) atoms. The van der Waals surface area contributed by atoms with Crippen LogP contribution in [0.4, 0.5) is 0 Å². The summed E-state index contributed by atoms with van der Waals surface area (Å²) in [6.07, 6.45) is -4.80. The van der Waals surface area contributed by atoms with Gasteiger partial charge in [-0.15, -0.1) is 0 Å². The molecule has 3 atom stereocenters. The Hall–Kier alpha value is -2.40. The lowest BCUT2D eigenvalue weighted by Crippen LogP contribution is -2.42. The van der Waals surface area contributed by atoms with Gasteiger partial charge in [-0.05, 0) is 19.4 Å². The lowest BCUT2D eigenvalue weighted by molar-refractivity contribution is -0.170. The highest BCUT2D eigenvalue weighted by atomic mass is 16.4. The second-order valence-corrected chi connectivity index (χ2v) is 6.46. The van der Waals surface area contributed by atoms with E-state index in [1.54, 1.807) is 0 Å². The molecule has 0 amide bonds. The predicted octanol–water partition coefficient (Wildman–Crippen LogP) is -4.37. The number of aliphatic hydroxyl groups is 6. The molecule has 0 bridgehead atoms. The number of carboxylic acids is 4. The second kappa shape index (κ2) is 15.4. The van der Waals surface area contributed by atoms with Gasteiger partial charge >= 0.3 is 23.9 Å². The van der Waals surface area contributed by atoms with Crippen LogP contribution in [-0.4, -0.2) is 125 Å². The third kappa shape index (κ3) is 13.5. The summed E-state index contributed by atoms with van der Waals surface area (Å²) in [4.78, 5) is 40.6. The number of carbonyl (C=O) groups is 4. The van der Waals surface area contributed by atoms with Gasteiger partial charge in [0.1, 0.15) is 24.4 Å². The summed E-state index contributed by atoms with van der Waals surface area (Å²) >= 11 is 0. The van der Waals surface area contributed by atoms with E-state index >= 15 is 0 Å². The number of nitrogens with one attached hydrogen (secondary N) is 1. The molecular formula is C16H29NO14. The van der Waals surface area contributed by atoms with Crippen molar-refractivity contribution < 1.29 is 70.2 Å². The van der Waals surface area contributed by atoms with Crippen molar-refractivity contribution >= 4 is 23.9 Å². The monoisotopic (exact) mass is 459 g/mol. The predicted molar refractivity (Wildman–Crippen MR) is 97.9 cm³/mol. The Bertz CT molecular complexity index is 551. The summed E-state index contributed by atoms with van der Waals surface area (Å²) in [6.45, 7) is -0.423. The summed E-state index contributed by atoms with van der Waals surface area (Å²) in [7, 11) is 0. The molecule has 182 valence electrons. The van der Waals surface area contributed by atoms with Crippen LogP contribution in [0.3, 0.4) is 0 Å². The van der Waals surface area contributed by atoms with Crippen LogP contribution in [0.1, 0.15) is 25.7 Å². The van der Waals surface area contributed by atoms with Crippen LogP contribution in [-0.2, 0) is 19.2 Å². The van der Waals surface area contributed by atoms with Gasteiger partial charge in [0.2, 0.25) is 0 Å². The topological polar surface area (TPSA) is 283 Å². The lowest BCUT2D eigenvalue weighted by Gasteiger charge is -2.19. The van der Waals surface area contributed by atoms with Crippen molar-refractivity contribution in [3.05, 3.63) is 0 Å². The summed E-state index contributed by atoms with van der Waals surface area (Å²) in [5.41, 5.74) is -2.74. The van der Waals surface area contributed by atoms with Gasteiger partial charge in [-0.1, -0.05) is 0 Å². The summed E-state index contributed by atoms with van der Waals surface area (Å²) in [5.74, 6) is -5.74. The van der Waals surface area contributed by atoms with E-state index in [-0.39, 0.29) is 6.04 Å². The van der Waals surface area contributed by atoms with Crippen molar-refractivity contribution in [3.63, 3.8) is 0 Å². The highest BCUT2D eigenvalue weighted by Crippen LogP contribution is 2.15. The molecule has 1 saturated heterocycles. The number of aliphatic hydroxyl groups excluding tert-OH is 5. The number of carboxylic acid groups (broad SMARTS) is 4. The quantitative estimate of drug-likeness (QED) is 0.147. The maximum absolute atomic E-state index is 10.3. The van der Waals surface area contributed by atoms with E-state index in [4.69, 9.17) is 51.1 Å². The molecule has 0 aromatic rings. The van der Waals surface area contributed by atoms with Gasteiger partial charge in [0.05, 0.1) is 26.1 Å². The van der Waals surface area contributed by atoms with E-state index in [0.29, 0.717) is 0 Å². The van der Waals surface area contributed by atoms with Crippen LogP contribution in [0.15, 0.2) is 0 Å². The minimum Gasteiger partial charge on any atom is -0.481 e. The summed E-state index contributed by atoms with van der Waals surface area (Å²) in [6, 6.07) is -0.269. The highest BCUT2D eigenvalue weighted by Gasteiger charge is 2.40. The molecule has 1 aliphatic rings. The smallest absolute Gasteiger partial charge is 0.336 e. The van der Waals surface area contributed by atoms with E-state index in [1.807, 2.05) is 0 Å². The van der Waals surface area contributed by atoms with Crippen LogP contribution in [0.2, 0.25) is 0 Å². The number of aliphatic carboxylic acids is 4. The van der Waals surface area contributed by atoms with Crippen LogP contribution >= 0.6 is 0 Å². The second-order valence-electron chi connectivity index (χ2n) is 6.46. The molecule has 1 fully saturated rings. The van der Waals surface area contributed by atoms with Gasteiger partial charge in [-0.25, -0.2) is 4.79 Å². The van der Waals surface area contributed by atoms with E-state index in [0.717, 1.165) is 19.4 Å². The molecule has 1 aliphatic heterocycles. The largest absolute Gasteiger partial charge is 0.481 e. The Balaban J connectivity index is 0. The highest BCUT2D eigenvalue weighted by molar-refractivity contribution is 5.88. The van der Waals surface area contributed by atoms with E-state index in [9.17, 15) is 19.2 Å². The van der Waals surface area contributed by atoms with Gasteiger partial charge in [-0.3, -0.25) is 14.4 Å². The molecule has 0 aromatic heterocycles. The van der Waals surface area contributed by atoms with Crippen molar-refractivity contribution in [3.8, 4) is 0 Å². The van der Waals surface area contributed by atoms with Crippen molar-refractivity contribution in [2.75, 3.05) is 19.8 Å². The summed E-state index contributed by atoms with van der Waals surface area (Å²) < 4.78 is 0. The third-order valence-electron chi connectivity index (χ3n) is 3.81. The third-order valence-corrected chi connectivity index (χ3v) is 3.81. The van der Waals surface area contributed by atoms with Crippen molar-refractivity contribution in [1.29, 1.82) is 0 Å². The zero-order valence-electron chi connectivity index (χ0n) is 16.4. The Morgan fingerprint density at radius 1 is 0.871 bits per heavy atom. The van der Waals surface area contributed by atoms with Crippen LogP contribution in [0.5, 0.6) is 0 Å². The van der Waals surface area contributed by atoms with Gasteiger partial charge in [0, 0.05) is 0 Å². The molecule has 0 aromatic carbocycles. The number of hydrogen-bond donors (Lipinski definition) is 11. The van der Waals surface area contributed by atoms with E-state index < -0.39 is 73.8 Å². The summed E-state index contributed by atoms with van der Waals surface area (Å²) in [5, 5.41) is 87.6. The fraction of sp³-hybridized carbons (Fsp3) is 0.750. The maximum atomic E-state index is 10.3. The average Bonchev–Trinajstić information content (AvgIpc) is 3.21. The molecule has 1 heterocycles. The van der Waals surface area contributed by atoms with E-state index in [2.05, 4.69) is 5.32 Å². The van der Waals surface area contributed by atoms with Crippen LogP contribution in [0, 0.1) is 0 Å². The minimum absolute atomic E-state index is 0.269. The first kappa shape index (κ1) is 30.8. The Labute approximate surface area is 175 Å². The minimum atomic E-state index is -2.74. The molecule has 0 aliphatic carbocycles. The molecular weight excluding hydrogens is 430 g/mol. The number of hydrogen-bond acceptors (Lipinski definition) is 11. The first-order valence-corrected chi connectivity index (χ1v) is 8.83. The average molecular weight is 459 g/mol. The van der Waals surface area contributed by atoms with E-state index in [1.165, 1.54) is 0 Å².